The SMILES string of the molecule is CCCCNC(=O)[C@H](C)N(Cc1ccccc1C)C(=O)Cc1cccc(C)c1. The maximum atomic E-state index is 13.2. The molecule has 2 aromatic carbocycles. The minimum atomic E-state index is -0.520. The maximum absolute atomic E-state index is 13.2. The molecule has 1 N–H and O–H groups in total. The number of carbonyl (C=O) groups is 2. The third-order valence-corrected chi connectivity index (χ3v) is 5.04. The molecule has 0 aromatic heterocycles. The van der Waals surface area contributed by atoms with E-state index in [4.69, 9.17) is 0 Å². The summed E-state index contributed by atoms with van der Waals surface area (Å²) in [6, 6.07) is 15.4. The number of hydrogen-bond acceptors (Lipinski definition) is 2. The lowest BCUT2D eigenvalue weighted by Crippen LogP contribution is -2.48. The van der Waals surface area contributed by atoms with Crippen LogP contribution in [0, 0.1) is 13.8 Å². The van der Waals surface area contributed by atoms with Gasteiger partial charge in [0.25, 0.3) is 0 Å². The highest BCUT2D eigenvalue weighted by Gasteiger charge is 2.26. The Morgan fingerprint density at radius 3 is 2.50 bits per heavy atom. The average molecular weight is 381 g/mol. The predicted octanol–water partition coefficient (Wildman–Crippen LogP) is 4.18. The molecule has 0 saturated heterocycles. The van der Waals surface area contributed by atoms with Crippen LogP contribution in [0.4, 0.5) is 0 Å². The third kappa shape index (κ3) is 6.22. The van der Waals surface area contributed by atoms with Crippen molar-refractivity contribution in [1.82, 2.24) is 10.2 Å². The van der Waals surface area contributed by atoms with E-state index in [-0.39, 0.29) is 11.8 Å². The summed E-state index contributed by atoms with van der Waals surface area (Å²) in [6.45, 7) is 9.02. The van der Waals surface area contributed by atoms with Gasteiger partial charge >= 0.3 is 0 Å². The summed E-state index contributed by atoms with van der Waals surface area (Å²) in [4.78, 5) is 27.5. The largest absolute Gasteiger partial charge is 0.354 e. The highest BCUT2D eigenvalue weighted by Crippen LogP contribution is 2.16. The van der Waals surface area contributed by atoms with Crippen LogP contribution < -0.4 is 5.32 Å². The first-order valence-corrected chi connectivity index (χ1v) is 10.1. The molecule has 2 amide bonds. The molecule has 0 aliphatic carbocycles. The van der Waals surface area contributed by atoms with E-state index in [0.29, 0.717) is 19.5 Å². The standard InChI is InChI=1S/C24H32N2O2/c1-5-6-14-25-24(28)20(4)26(17-22-13-8-7-11-19(22)3)23(27)16-21-12-9-10-18(2)15-21/h7-13,15,20H,5-6,14,16-17H2,1-4H3,(H,25,28)/t20-/m0/s1. The number of carbonyl (C=O) groups excluding carboxylic acids is 2. The molecule has 0 fully saturated rings. The van der Waals surface area contributed by atoms with Gasteiger partial charge in [-0.2, -0.15) is 0 Å². The molecule has 0 radical (unpaired) electrons. The predicted molar refractivity (Wildman–Crippen MR) is 114 cm³/mol. The molecule has 4 heteroatoms. The summed E-state index contributed by atoms with van der Waals surface area (Å²) in [5.74, 6) is -0.133. The molecule has 0 aliphatic heterocycles. The summed E-state index contributed by atoms with van der Waals surface area (Å²) in [7, 11) is 0. The molecule has 1 atom stereocenters. The van der Waals surface area contributed by atoms with Crippen LogP contribution >= 0.6 is 0 Å². The molecule has 28 heavy (non-hydrogen) atoms. The van der Waals surface area contributed by atoms with Crippen LogP contribution in [-0.2, 0) is 22.6 Å². The van der Waals surface area contributed by atoms with Gasteiger partial charge in [-0.1, -0.05) is 67.4 Å². The fourth-order valence-corrected chi connectivity index (χ4v) is 3.19. The topological polar surface area (TPSA) is 49.4 Å². The van der Waals surface area contributed by atoms with Gasteiger partial charge in [0.1, 0.15) is 6.04 Å². The molecule has 0 saturated carbocycles. The second-order valence-corrected chi connectivity index (χ2v) is 7.43. The van der Waals surface area contributed by atoms with Crippen molar-refractivity contribution in [3.8, 4) is 0 Å². The summed E-state index contributed by atoms with van der Waals surface area (Å²) in [5, 5.41) is 2.96. The van der Waals surface area contributed by atoms with Gasteiger partial charge in [-0.15, -0.1) is 0 Å². The first kappa shape index (κ1) is 21.7. The molecule has 0 unspecified atom stereocenters. The molecular weight excluding hydrogens is 348 g/mol. The van der Waals surface area contributed by atoms with E-state index in [1.54, 1.807) is 4.90 Å². The molecule has 2 rings (SSSR count). The zero-order valence-electron chi connectivity index (χ0n) is 17.5. The number of unbranched alkanes of at least 4 members (excludes halogenated alkanes) is 1. The van der Waals surface area contributed by atoms with Crippen molar-refractivity contribution in [2.45, 2.75) is 59.5 Å². The van der Waals surface area contributed by atoms with Crippen molar-refractivity contribution in [1.29, 1.82) is 0 Å². The van der Waals surface area contributed by atoms with Crippen LogP contribution in [0.15, 0.2) is 48.5 Å². The van der Waals surface area contributed by atoms with Crippen molar-refractivity contribution in [2.75, 3.05) is 6.54 Å². The number of benzene rings is 2. The van der Waals surface area contributed by atoms with Gasteiger partial charge in [-0.3, -0.25) is 9.59 Å². The maximum Gasteiger partial charge on any atom is 0.242 e. The zero-order chi connectivity index (χ0) is 20.5. The van der Waals surface area contributed by atoms with Crippen LogP contribution in [0.25, 0.3) is 0 Å². The van der Waals surface area contributed by atoms with Crippen LogP contribution in [0.1, 0.15) is 48.9 Å². The Balaban J connectivity index is 2.20. The number of rotatable bonds is 9. The van der Waals surface area contributed by atoms with E-state index >= 15 is 0 Å². The highest BCUT2D eigenvalue weighted by molar-refractivity contribution is 5.88. The lowest BCUT2D eigenvalue weighted by molar-refractivity contribution is -0.140. The quantitative estimate of drug-likeness (QED) is 0.664. The number of nitrogens with one attached hydrogen (secondary N) is 1. The van der Waals surface area contributed by atoms with Crippen LogP contribution in [-0.4, -0.2) is 29.3 Å². The minimum Gasteiger partial charge on any atom is -0.354 e. The van der Waals surface area contributed by atoms with Crippen molar-refractivity contribution in [3.05, 3.63) is 70.8 Å². The van der Waals surface area contributed by atoms with E-state index in [1.807, 2.05) is 69.3 Å². The zero-order valence-corrected chi connectivity index (χ0v) is 17.5. The molecule has 0 spiro atoms. The lowest BCUT2D eigenvalue weighted by atomic mass is 10.0. The molecule has 0 aliphatic rings. The molecule has 4 nitrogen and oxygen atoms in total. The fourth-order valence-electron chi connectivity index (χ4n) is 3.19. The first-order chi connectivity index (χ1) is 13.4. The summed E-state index contributed by atoms with van der Waals surface area (Å²) >= 11 is 0. The Kier molecular flexibility index (Phi) is 8.24. The van der Waals surface area contributed by atoms with Gasteiger partial charge in [0.15, 0.2) is 0 Å². The van der Waals surface area contributed by atoms with Gasteiger partial charge in [-0.25, -0.2) is 0 Å². The van der Waals surface area contributed by atoms with Crippen molar-refractivity contribution < 1.29 is 9.59 Å². The summed E-state index contributed by atoms with van der Waals surface area (Å²) < 4.78 is 0. The van der Waals surface area contributed by atoms with Crippen LogP contribution in [0.2, 0.25) is 0 Å². The van der Waals surface area contributed by atoms with E-state index in [1.165, 1.54) is 0 Å². The van der Waals surface area contributed by atoms with Gasteiger partial charge in [0, 0.05) is 13.1 Å². The Labute approximate surface area is 169 Å². The van der Waals surface area contributed by atoms with Gasteiger partial charge in [0.05, 0.1) is 6.42 Å². The third-order valence-electron chi connectivity index (χ3n) is 5.04. The fraction of sp³-hybridized carbons (Fsp3) is 0.417. The molecule has 2 aromatic rings. The Morgan fingerprint density at radius 1 is 1.07 bits per heavy atom. The first-order valence-electron chi connectivity index (χ1n) is 10.1. The Morgan fingerprint density at radius 2 is 1.82 bits per heavy atom. The second kappa shape index (κ2) is 10.6. The monoisotopic (exact) mass is 380 g/mol. The normalized spacial score (nSPS) is 11.7. The molecule has 150 valence electrons. The van der Waals surface area contributed by atoms with Gasteiger partial charge in [-0.05, 0) is 43.9 Å². The summed E-state index contributed by atoms with van der Waals surface area (Å²) in [6.07, 6.45) is 2.25. The number of nitrogens with zero attached hydrogens (tertiary/aromatic N) is 1. The Bertz CT molecular complexity index is 801. The Hall–Kier alpha value is -2.62. The van der Waals surface area contributed by atoms with Gasteiger partial charge < -0.3 is 10.2 Å². The number of hydrogen-bond donors (Lipinski definition) is 1. The van der Waals surface area contributed by atoms with E-state index < -0.39 is 6.04 Å². The minimum absolute atomic E-state index is 0.0352. The lowest BCUT2D eigenvalue weighted by Gasteiger charge is -2.29. The van der Waals surface area contributed by atoms with Crippen molar-refractivity contribution >= 4 is 11.8 Å². The van der Waals surface area contributed by atoms with E-state index in [0.717, 1.165) is 35.1 Å². The smallest absolute Gasteiger partial charge is 0.242 e. The van der Waals surface area contributed by atoms with Crippen LogP contribution in [0.3, 0.4) is 0 Å². The van der Waals surface area contributed by atoms with Crippen LogP contribution in [0.5, 0.6) is 0 Å². The van der Waals surface area contributed by atoms with Gasteiger partial charge in [0.2, 0.25) is 11.8 Å². The van der Waals surface area contributed by atoms with Crippen molar-refractivity contribution in [2.24, 2.45) is 0 Å². The van der Waals surface area contributed by atoms with E-state index in [9.17, 15) is 9.59 Å². The molecule has 0 heterocycles. The van der Waals surface area contributed by atoms with Crippen molar-refractivity contribution in [3.63, 3.8) is 0 Å². The molecule has 0 bridgehead atoms. The average Bonchev–Trinajstić information content (AvgIpc) is 2.67. The number of aryl methyl sites for hydroxylation is 2. The summed E-state index contributed by atoms with van der Waals surface area (Å²) in [5.41, 5.74) is 4.28. The molecular formula is C24H32N2O2. The van der Waals surface area contributed by atoms with E-state index in [2.05, 4.69) is 12.2 Å². The second-order valence-electron chi connectivity index (χ2n) is 7.43. The highest BCUT2D eigenvalue weighted by atomic mass is 16.2. The number of amides is 2.